The van der Waals surface area contributed by atoms with Gasteiger partial charge in [0.25, 0.3) is 5.91 Å². The molecule has 0 spiro atoms. The van der Waals surface area contributed by atoms with E-state index in [1.165, 1.54) is 0 Å². The topological polar surface area (TPSA) is 126 Å². The lowest BCUT2D eigenvalue weighted by molar-refractivity contribution is -0.156. The van der Waals surface area contributed by atoms with Gasteiger partial charge in [0.1, 0.15) is 11.4 Å². The highest BCUT2D eigenvalue weighted by Gasteiger charge is 2.41. The molecule has 8 nitrogen and oxygen atoms in total. The average Bonchev–Trinajstić information content (AvgIpc) is 2.83. The van der Waals surface area contributed by atoms with Gasteiger partial charge in [-0.1, -0.05) is 42.5 Å². The summed E-state index contributed by atoms with van der Waals surface area (Å²) in [6.07, 6.45) is 1.80. The van der Waals surface area contributed by atoms with Crippen LogP contribution in [0, 0.1) is 11.3 Å². The molecule has 1 fully saturated rings. The Kier molecular flexibility index (Phi) is 8.97. The van der Waals surface area contributed by atoms with E-state index >= 15 is 0 Å². The smallest absolute Gasteiger partial charge is 0.306 e. The summed E-state index contributed by atoms with van der Waals surface area (Å²) in [4.78, 5) is 41.2. The van der Waals surface area contributed by atoms with Crippen LogP contribution in [0.15, 0.2) is 54.6 Å². The predicted molar refractivity (Wildman–Crippen MR) is 148 cm³/mol. The first kappa shape index (κ1) is 28.9. The lowest BCUT2D eigenvalue weighted by atomic mass is 9.79. The quantitative estimate of drug-likeness (QED) is 0.273. The second-order valence-electron chi connectivity index (χ2n) is 11.6. The molecule has 3 rings (SSSR count). The first-order valence-electron chi connectivity index (χ1n) is 13.1. The first-order valence-corrected chi connectivity index (χ1v) is 13.1. The Labute approximate surface area is 225 Å². The molecule has 0 aliphatic carbocycles. The third kappa shape index (κ3) is 7.66. The summed E-state index contributed by atoms with van der Waals surface area (Å²) < 4.78 is 5.47. The Hall–Kier alpha value is -3.68. The number of esters is 1. The summed E-state index contributed by atoms with van der Waals surface area (Å²) in [7, 11) is 0. The van der Waals surface area contributed by atoms with Crippen LogP contribution in [0.1, 0.15) is 81.3 Å². The van der Waals surface area contributed by atoms with Gasteiger partial charge >= 0.3 is 5.97 Å². The Bertz CT molecular complexity index is 1150. The zero-order valence-corrected chi connectivity index (χ0v) is 23.0. The molecular weight excluding hydrogens is 480 g/mol. The number of nitrogens with one attached hydrogen (secondary N) is 2. The molecule has 1 aliphatic rings. The lowest BCUT2D eigenvalue weighted by Crippen LogP contribution is -2.54. The Morgan fingerprint density at radius 3 is 2.05 bits per heavy atom. The number of amides is 2. The Morgan fingerprint density at radius 2 is 1.53 bits per heavy atom. The number of likely N-dealkylation sites (tertiary alicyclic amines) is 1. The molecule has 8 heteroatoms. The van der Waals surface area contributed by atoms with Gasteiger partial charge in [0, 0.05) is 30.6 Å². The number of amidine groups is 1. The molecule has 0 saturated carbocycles. The molecule has 1 heterocycles. The number of nitrogen functional groups attached to an aromatic ring is 1. The van der Waals surface area contributed by atoms with E-state index in [0.717, 1.165) is 18.4 Å². The van der Waals surface area contributed by atoms with Crippen molar-refractivity contribution in [1.82, 2.24) is 10.2 Å². The van der Waals surface area contributed by atoms with E-state index < -0.39 is 17.1 Å². The van der Waals surface area contributed by atoms with Crippen LogP contribution >= 0.6 is 0 Å². The number of nitrogens with zero attached hydrogens (tertiary/aromatic N) is 1. The minimum absolute atomic E-state index is 0.0517. The zero-order chi connectivity index (χ0) is 28.1. The van der Waals surface area contributed by atoms with Crippen molar-refractivity contribution >= 4 is 23.6 Å². The molecule has 38 heavy (non-hydrogen) atoms. The molecule has 0 radical (unpaired) electrons. The van der Waals surface area contributed by atoms with Crippen LogP contribution in [0.3, 0.4) is 0 Å². The van der Waals surface area contributed by atoms with Gasteiger partial charge in [0.05, 0.1) is 11.5 Å². The van der Waals surface area contributed by atoms with E-state index in [1.54, 1.807) is 24.3 Å². The highest BCUT2D eigenvalue weighted by atomic mass is 16.6. The van der Waals surface area contributed by atoms with E-state index in [9.17, 15) is 14.4 Å². The van der Waals surface area contributed by atoms with Crippen molar-refractivity contribution in [3.05, 3.63) is 71.3 Å². The maximum Gasteiger partial charge on any atom is 0.306 e. The number of ether oxygens (including phenoxy) is 1. The van der Waals surface area contributed by atoms with E-state index in [2.05, 4.69) is 5.32 Å². The van der Waals surface area contributed by atoms with Crippen LogP contribution in [-0.4, -0.2) is 52.7 Å². The molecule has 0 aromatic heterocycles. The number of carbonyl (C=O) groups is 3. The molecule has 2 aromatic rings. The molecule has 1 unspecified atom stereocenters. The fourth-order valence-electron chi connectivity index (χ4n) is 4.91. The first-order chi connectivity index (χ1) is 17.8. The standard InChI is InChI=1S/C30H40N4O4/c1-29(2,3)38-24(35)19-20-15-17-34(18-16-20)28(37)25(21-9-7-6-8-10-21)30(4,5)33-27(36)23-13-11-22(12-14-23)26(31)32/h6-14,20,25H,15-19H2,1-5H3,(H3,31,32)(H,33,36). The number of carbonyl (C=O) groups excluding carboxylic acids is 3. The largest absolute Gasteiger partial charge is 0.460 e. The minimum atomic E-state index is -0.901. The Morgan fingerprint density at radius 1 is 0.974 bits per heavy atom. The van der Waals surface area contributed by atoms with Crippen LogP contribution in [-0.2, 0) is 14.3 Å². The fraction of sp³-hybridized carbons (Fsp3) is 0.467. The summed E-state index contributed by atoms with van der Waals surface area (Å²) in [6, 6.07) is 16.0. The summed E-state index contributed by atoms with van der Waals surface area (Å²) >= 11 is 0. The number of hydrogen-bond acceptors (Lipinski definition) is 5. The van der Waals surface area contributed by atoms with Gasteiger partial charge in [-0.15, -0.1) is 0 Å². The van der Waals surface area contributed by atoms with E-state index in [1.807, 2.05) is 69.9 Å². The van der Waals surface area contributed by atoms with Gasteiger partial charge in [-0.25, -0.2) is 0 Å². The molecule has 1 saturated heterocycles. The van der Waals surface area contributed by atoms with Crippen molar-refractivity contribution in [2.24, 2.45) is 11.7 Å². The van der Waals surface area contributed by atoms with Crippen molar-refractivity contribution < 1.29 is 19.1 Å². The van der Waals surface area contributed by atoms with Crippen LogP contribution < -0.4 is 11.1 Å². The molecular formula is C30H40N4O4. The maximum atomic E-state index is 13.9. The fourth-order valence-corrected chi connectivity index (χ4v) is 4.91. The monoisotopic (exact) mass is 520 g/mol. The molecule has 2 aromatic carbocycles. The van der Waals surface area contributed by atoms with Gasteiger partial charge in [0.2, 0.25) is 5.91 Å². The maximum absolute atomic E-state index is 13.9. The average molecular weight is 521 g/mol. The van der Waals surface area contributed by atoms with Crippen LogP contribution in [0.2, 0.25) is 0 Å². The van der Waals surface area contributed by atoms with Crippen molar-refractivity contribution in [2.75, 3.05) is 13.1 Å². The number of rotatable bonds is 8. The lowest BCUT2D eigenvalue weighted by Gasteiger charge is -2.40. The Balaban J connectivity index is 1.73. The number of hydrogen-bond donors (Lipinski definition) is 3. The highest BCUT2D eigenvalue weighted by Crippen LogP contribution is 2.33. The third-order valence-corrected chi connectivity index (χ3v) is 6.80. The van der Waals surface area contributed by atoms with E-state index in [-0.39, 0.29) is 29.5 Å². The summed E-state index contributed by atoms with van der Waals surface area (Å²) in [5.74, 6) is -1.06. The molecule has 0 bridgehead atoms. The van der Waals surface area contributed by atoms with Crippen LogP contribution in [0.5, 0.6) is 0 Å². The van der Waals surface area contributed by atoms with Gasteiger partial charge in [-0.3, -0.25) is 19.8 Å². The summed E-state index contributed by atoms with van der Waals surface area (Å²) in [6.45, 7) is 10.4. The second-order valence-corrected chi connectivity index (χ2v) is 11.6. The van der Waals surface area contributed by atoms with E-state index in [4.69, 9.17) is 15.9 Å². The summed E-state index contributed by atoms with van der Waals surface area (Å²) in [5.41, 5.74) is 5.89. The van der Waals surface area contributed by atoms with Gasteiger partial charge in [-0.2, -0.15) is 0 Å². The number of nitrogens with two attached hydrogens (primary N) is 1. The van der Waals surface area contributed by atoms with E-state index in [0.29, 0.717) is 30.6 Å². The second kappa shape index (κ2) is 11.8. The van der Waals surface area contributed by atoms with Crippen molar-refractivity contribution in [3.63, 3.8) is 0 Å². The number of piperidine rings is 1. The SMILES string of the molecule is CC(C)(C)OC(=O)CC1CCN(C(=O)C(c2ccccc2)C(C)(C)NC(=O)c2ccc(C(=N)N)cc2)CC1. The zero-order valence-electron chi connectivity index (χ0n) is 23.0. The van der Waals surface area contributed by atoms with Crippen molar-refractivity contribution in [3.8, 4) is 0 Å². The molecule has 2 amide bonds. The van der Waals surface area contributed by atoms with Crippen LogP contribution in [0.4, 0.5) is 0 Å². The minimum Gasteiger partial charge on any atom is -0.460 e. The predicted octanol–water partition coefficient (Wildman–Crippen LogP) is 4.23. The van der Waals surface area contributed by atoms with Gasteiger partial charge in [-0.05, 0) is 71.1 Å². The van der Waals surface area contributed by atoms with Gasteiger partial charge < -0.3 is 20.7 Å². The molecule has 204 valence electrons. The molecule has 1 aliphatic heterocycles. The normalized spacial score (nSPS) is 15.4. The molecule has 4 N–H and O–H groups in total. The van der Waals surface area contributed by atoms with Gasteiger partial charge in [0.15, 0.2) is 0 Å². The van der Waals surface area contributed by atoms with Crippen LogP contribution in [0.25, 0.3) is 0 Å². The van der Waals surface area contributed by atoms with Crippen molar-refractivity contribution in [1.29, 1.82) is 5.41 Å². The third-order valence-electron chi connectivity index (χ3n) is 6.80. The molecule has 1 atom stereocenters. The number of benzene rings is 2. The highest BCUT2D eigenvalue weighted by molar-refractivity contribution is 5.99. The summed E-state index contributed by atoms with van der Waals surface area (Å²) in [5, 5.41) is 10.6. The van der Waals surface area contributed by atoms with Crippen molar-refractivity contribution in [2.45, 2.75) is 70.9 Å².